The molecule has 35 heavy (non-hydrogen) atoms. The number of rotatable bonds is 5. The highest BCUT2D eigenvalue weighted by molar-refractivity contribution is 7.89. The predicted molar refractivity (Wildman–Crippen MR) is 135 cm³/mol. The number of nitrogens with zero attached hydrogens (tertiary/aromatic N) is 1. The summed E-state index contributed by atoms with van der Waals surface area (Å²) in [5.74, 6) is -0.834. The van der Waals surface area contributed by atoms with Crippen molar-refractivity contribution in [1.29, 1.82) is 0 Å². The molecule has 2 aliphatic carbocycles. The summed E-state index contributed by atoms with van der Waals surface area (Å²) in [7, 11) is -2.32. The quantitative estimate of drug-likeness (QED) is 0.573. The molecule has 9 heteroatoms. The summed E-state index contributed by atoms with van der Waals surface area (Å²) >= 11 is 1.41. The van der Waals surface area contributed by atoms with Gasteiger partial charge in [-0.2, -0.15) is 4.31 Å². The van der Waals surface area contributed by atoms with E-state index in [1.165, 1.54) is 42.7 Å². The summed E-state index contributed by atoms with van der Waals surface area (Å²) in [6, 6.07) is 6.10. The highest BCUT2D eigenvalue weighted by Gasteiger charge is 2.53. The predicted octanol–water partition coefficient (Wildman–Crippen LogP) is 4.87. The molecule has 1 N–H and O–H groups in total. The van der Waals surface area contributed by atoms with Crippen molar-refractivity contribution in [2.75, 3.05) is 19.0 Å². The average molecular weight is 517 g/mol. The third-order valence-corrected chi connectivity index (χ3v) is 10.7. The second-order valence-corrected chi connectivity index (χ2v) is 14.3. The Bertz CT molecular complexity index is 1300. The molecule has 2 atom stereocenters. The molecule has 1 aromatic carbocycles. The molecule has 0 spiro atoms. The number of amides is 1. The Kier molecular flexibility index (Phi) is 5.89. The number of carbonyl (C=O) groups excluding carboxylic acids is 2. The third kappa shape index (κ3) is 4.32. The fraction of sp³-hybridized carbons (Fsp3) is 0.538. The van der Waals surface area contributed by atoms with E-state index in [1.54, 1.807) is 4.31 Å². The van der Waals surface area contributed by atoms with Crippen molar-refractivity contribution in [3.63, 3.8) is 0 Å². The lowest BCUT2D eigenvalue weighted by Crippen LogP contribution is -2.37. The molecule has 2 aromatic rings. The standard InChI is InChI=1S/C26H32N2O5S2/c1-25(2)12-17-13-26(3,14-25)15-28(17)35(31,32)18-10-8-16(9-11-18)22(29)27-23-21(24(30)33-4)19-6-5-7-20(19)34-23/h8-11,17H,5-7,12-15H2,1-4H3,(H,27,29). The van der Waals surface area contributed by atoms with Gasteiger partial charge in [-0.05, 0) is 79.2 Å². The summed E-state index contributed by atoms with van der Waals surface area (Å²) in [6.07, 6.45) is 5.44. The zero-order valence-corrected chi connectivity index (χ0v) is 22.3. The minimum Gasteiger partial charge on any atom is -0.465 e. The van der Waals surface area contributed by atoms with Crippen LogP contribution in [0.4, 0.5) is 5.00 Å². The van der Waals surface area contributed by atoms with Gasteiger partial charge in [0.1, 0.15) is 5.00 Å². The zero-order valence-electron chi connectivity index (χ0n) is 20.6. The number of benzene rings is 1. The molecule has 1 saturated heterocycles. The number of ether oxygens (including phenoxy) is 1. The van der Waals surface area contributed by atoms with Gasteiger partial charge in [0.2, 0.25) is 10.0 Å². The molecule has 2 fully saturated rings. The van der Waals surface area contributed by atoms with Gasteiger partial charge in [0, 0.05) is 23.0 Å². The SMILES string of the molecule is COC(=O)c1c(NC(=O)c2ccc(S(=O)(=O)N3CC4(C)CC3CC(C)(C)C4)cc2)sc2c1CCC2. The van der Waals surface area contributed by atoms with Crippen molar-refractivity contribution in [3.05, 3.63) is 45.8 Å². The summed E-state index contributed by atoms with van der Waals surface area (Å²) in [5, 5.41) is 3.34. The van der Waals surface area contributed by atoms with E-state index in [1.807, 2.05) is 0 Å². The summed E-state index contributed by atoms with van der Waals surface area (Å²) < 4.78 is 33.6. The fourth-order valence-corrected chi connectivity index (χ4v) is 9.63. The number of carbonyl (C=O) groups is 2. The van der Waals surface area contributed by atoms with Gasteiger partial charge in [0.15, 0.2) is 0 Å². The minimum absolute atomic E-state index is 0.00233. The Morgan fingerprint density at radius 3 is 2.51 bits per heavy atom. The first-order valence-corrected chi connectivity index (χ1v) is 14.3. The zero-order chi connectivity index (χ0) is 25.2. The van der Waals surface area contributed by atoms with Gasteiger partial charge < -0.3 is 10.1 Å². The number of fused-ring (bicyclic) bond motifs is 3. The van der Waals surface area contributed by atoms with Gasteiger partial charge in [-0.15, -0.1) is 11.3 Å². The van der Waals surface area contributed by atoms with Crippen LogP contribution in [-0.2, 0) is 27.6 Å². The van der Waals surface area contributed by atoms with Crippen LogP contribution < -0.4 is 5.32 Å². The lowest BCUT2D eigenvalue weighted by molar-refractivity contribution is 0.0601. The van der Waals surface area contributed by atoms with Crippen LogP contribution in [0, 0.1) is 10.8 Å². The van der Waals surface area contributed by atoms with Crippen LogP contribution in [0.1, 0.15) is 77.6 Å². The molecule has 7 nitrogen and oxygen atoms in total. The lowest BCUT2D eigenvalue weighted by Gasteiger charge is -2.39. The maximum absolute atomic E-state index is 13.5. The number of aryl methyl sites for hydroxylation is 1. The van der Waals surface area contributed by atoms with Crippen LogP contribution in [0.25, 0.3) is 0 Å². The molecule has 1 saturated carbocycles. The second kappa shape index (κ2) is 8.42. The first-order chi connectivity index (χ1) is 16.4. The number of esters is 1. The summed E-state index contributed by atoms with van der Waals surface area (Å²) in [6.45, 7) is 7.15. The highest BCUT2D eigenvalue weighted by atomic mass is 32.2. The molecule has 0 radical (unpaired) electrons. The lowest BCUT2D eigenvalue weighted by atomic mass is 9.65. The molecule has 1 aliphatic heterocycles. The molecular weight excluding hydrogens is 484 g/mol. The van der Waals surface area contributed by atoms with Crippen LogP contribution in [-0.4, -0.2) is 44.3 Å². The van der Waals surface area contributed by atoms with Crippen LogP contribution >= 0.6 is 11.3 Å². The molecule has 1 amide bonds. The van der Waals surface area contributed by atoms with E-state index >= 15 is 0 Å². The monoisotopic (exact) mass is 516 g/mol. The average Bonchev–Trinajstić information content (AvgIpc) is 3.43. The van der Waals surface area contributed by atoms with Gasteiger partial charge in [-0.25, -0.2) is 13.2 Å². The van der Waals surface area contributed by atoms with E-state index < -0.39 is 16.0 Å². The highest BCUT2D eigenvalue weighted by Crippen LogP contribution is 2.53. The largest absolute Gasteiger partial charge is 0.465 e. The smallest absolute Gasteiger partial charge is 0.341 e. The molecular formula is C26H32N2O5S2. The number of hydrogen-bond donors (Lipinski definition) is 1. The number of thiophene rings is 1. The van der Waals surface area contributed by atoms with Gasteiger partial charge in [-0.1, -0.05) is 20.8 Å². The van der Waals surface area contributed by atoms with Gasteiger partial charge in [0.05, 0.1) is 17.6 Å². The Morgan fingerprint density at radius 1 is 1.11 bits per heavy atom. The van der Waals surface area contributed by atoms with E-state index in [9.17, 15) is 18.0 Å². The van der Waals surface area contributed by atoms with Crippen LogP contribution in [0.3, 0.4) is 0 Å². The van der Waals surface area contributed by atoms with E-state index in [0.717, 1.165) is 49.0 Å². The number of hydrogen-bond acceptors (Lipinski definition) is 6. The van der Waals surface area contributed by atoms with Gasteiger partial charge >= 0.3 is 5.97 Å². The third-order valence-electron chi connectivity index (χ3n) is 7.63. The maximum Gasteiger partial charge on any atom is 0.341 e. The normalized spacial score (nSPS) is 25.3. The van der Waals surface area contributed by atoms with Crippen LogP contribution in [0.15, 0.2) is 29.2 Å². The van der Waals surface area contributed by atoms with E-state index in [-0.39, 0.29) is 27.7 Å². The number of nitrogens with one attached hydrogen (secondary N) is 1. The van der Waals surface area contributed by atoms with Crippen molar-refractivity contribution < 1.29 is 22.7 Å². The fourth-order valence-electron chi connectivity index (χ4n) is 6.59. The van der Waals surface area contributed by atoms with Gasteiger partial charge in [-0.3, -0.25) is 4.79 Å². The van der Waals surface area contributed by atoms with E-state index in [4.69, 9.17) is 4.74 Å². The molecule has 2 bridgehead atoms. The van der Waals surface area contributed by atoms with Crippen molar-refractivity contribution in [2.24, 2.45) is 10.8 Å². The first-order valence-electron chi connectivity index (χ1n) is 12.1. The molecule has 3 aliphatic rings. The molecule has 5 rings (SSSR count). The Labute approximate surface area is 210 Å². The van der Waals surface area contributed by atoms with E-state index in [0.29, 0.717) is 22.7 Å². The second-order valence-electron chi connectivity index (χ2n) is 11.3. The van der Waals surface area contributed by atoms with Crippen molar-refractivity contribution in [1.82, 2.24) is 4.31 Å². The Morgan fingerprint density at radius 2 is 1.83 bits per heavy atom. The van der Waals surface area contributed by atoms with Crippen molar-refractivity contribution in [2.45, 2.75) is 70.2 Å². The first kappa shape index (κ1) is 24.5. The summed E-state index contributed by atoms with van der Waals surface area (Å²) in [4.78, 5) is 26.6. The minimum atomic E-state index is -3.66. The summed E-state index contributed by atoms with van der Waals surface area (Å²) in [5.41, 5.74) is 1.86. The number of anilines is 1. The molecule has 2 unspecified atom stereocenters. The van der Waals surface area contributed by atoms with E-state index in [2.05, 4.69) is 26.1 Å². The molecule has 2 heterocycles. The topological polar surface area (TPSA) is 92.8 Å². The number of methoxy groups -OCH3 is 1. The Hall–Kier alpha value is -2.23. The molecule has 188 valence electrons. The van der Waals surface area contributed by atoms with Gasteiger partial charge in [0.25, 0.3) is 5.91 Å². The van der Waals surface area contributed by atoms with Crippen LogP contribution in [0.5, 0.6) is 0 Å². The van der Waals surface area contributed by atoms with Crippen molar-refractivity contribution in [3.8, 4) is 0 Å². The Balaban J connectivity index is 1.35. The number of sulfonamides is 1. The van der Waals surface area contributed by atoms with Crippen LogP contribution in [0.2, 0.25) is 0 Å². The van der Waals surface area contributed by atoms with Crippen molar-refractivity contribution >= 4 is 38.2 Å². The maximum atomic E-state index is 13.5. The molecule has 1 aromatic heterocycles.